The lowest BCUT2D eigenvalue weighted by atomic mass is 9.93. The standard InChI is InChI=1S/C18H22ClN/c1-12(2)10-14-6-4-7-15(11-14)18(20)16-8-5-9-17(19)13(16)3/h4-9,11-12,18H,10,20H2,1-3H3. The zero-order valence-corrected chi connectivity index (χ0v) is 13.1. The highest BCUT2D eigenvalue weighted by Crippen LogP contribution is 2.27. The molecule has 1 unspecified atom stereocenters. The van der Waals surface area contributed by atoms with E-state index in [0.29, 0.717) is 5.92 Å². The van der Waals surface area contributed by atoms with Crippen molar-refractivity contribution in [3.8, 4) is 0 Å². The van der Waals surface area contributed by atoms with Gasteiger partial charge in [0.05, 0.1) is 6.04 Å². The van der Waals surface area contributed by atoms with Crippen LogP contribution in [0.25, 0.3) is 0 Å². The monoisotopic (exact) mass is 287 g/mol. The summed E-state index contributed by atoms with van der Waals surface area (Å²) in [5.74, 6) is 0.648. The molecule has 0 aliphatic rings. The zero-order chi connectivity index (χ0) is 14.7. The molecule has 0 saturated heterocycles. The first kappa shape index (κ1) is 15.1. The van der Waals surface area contributed by atoms with Crippen LogP contribution in [0.2, 0.25) is 5.02 Å². The number of benzene rings is 2. The number of hydrogen-bond donors (Lipinski definition) is 1. The third-order valence-electron chi connectivity index (χ3n) is 3.60. The van der Waals surface area contributed by atoms with Gasteiger partial charge in [0, 0.05) is 5.02 Å². The second-order valence-corrected chi connectivity index (χ2v) is 6.18. The Bertz CT molecular complexity index is 590. The molecule has 2 heteroatoms. The molecule has 0 bridgehead atoms. The van der Waals surface area contributed by atoms with Crippen LogP contribution < -0.4 is 5.73 Å². The van der Waals surface area contributed by atoms with Gasteiger partial charge in [-0.25, -0.2) is 0 Å². The van der Waals surface area contributed by atoms with Gasteiger partial charge in [-0.05, 0) is 47.6 Å². The molecule has 2 aromatic rings. The first-order chi connectivity index (χ1) is 9.49. The minimum absolute atomic E-state index is 0.124. The Kier molecular flexibility index (Phi) is 4.85. The summed E-state index contributed by atoms with van der Waals surface area (Å²) in [4.78, 5) is 0. The third kappa shape index (κ3) is 3.41. The average Bonchev–Trinajstić information content (AvgIpc) is 2.41. The van der Waals surface area contributed by atoms with Crippen molar-refractivity contribution in [2.24, 2.45) is 11.7 Å². The Morgan fingerprint density at radius 2 is 1.80 bits per heavy atom. The van der Waals surface area contributed by atoms with Crippen LogP contribution in [0.4, 0.5) is 0 Å². The van der Waals surface area contributed by atoms with Gasteiger partial charge in [0.25, 0.3) is 0 Å². The van der Waals surface area contributed by atoms with Gasteiger partial charge >= 0.3 is 0 Å². The third-order valence-corrected chi connectivity index (χ3v) is 4.01. The van der Waals surface area contributed by atoms with E-state index in [9.17, 15) is 0 Å². The normalized spacial score (nSPS) is 12.7. The van der Waals surface area contributed by atoms with E-state index >= 15 is 0 Å². The molecular weight excluding hydrogens is 266 g/mol. The van der Waals surface area contributed by atoms with Gasteiger partial charge in [-0.15, -0.1) is 0 Å². The van der Waals surface area contributed by atoms with Crippen molar-refractivity contribution in [3.63, 3.8) is 0 Å². The fourth-order valence-electron chi connectivity index (χ4n) is 2.53. The fourth-order valence-corrected chi connectivity index (χ4v) is 2.71. The minimum Gasteiger partial charge on any atom is -0.320 e. The maximum absolute atomic E-state index is 6.43. The van der Waals surface area contributed by atoms with Gasteiger partial charge in [0.1, 0.15) is 0 Å². The lowest BCUT2D eigenvalue weighted by molar-refractivity contribution is 0.646. The van der Waals surface area contributed by atoms with E-state index in [1.165, 1.54) is 5.56 Å². The number of halogens is 1. The molecule has 2 rings (SSSR count). The molecule has 0 saturated carbocycles. The summed E-state index contributed by atoms with van der Waals surface area (Å²) in [6, 6.07) is 14.4. The van der Waals surface area contributed by atoms with Crippen LogP contribution in [0.1, 0.15) is 42.1 Å². The molecule has 1 atom stereocenters. The van der Waals surface area contributed by atoms with Crippen LogP contribution in [-0.2, 0) is 6.42 Å². The summed E-state index contributed by atoms with van der Waals surface area (Å²) in [7, 11) is 0. The Balaban J connectivity index is 2.33. The van der Waals surface area contributed by atoms with Crippen LogP contribution in [0, 0.1) is 12.8 Å². The van der Waals surface area contributed by atoms with Crippen molar-refractivity contribution < 1.29 is 0 Å². The average molecular weight is 288 g/mol. The molecule has 0 amide bonds. The highest BCUT2D eigenvalue weighted by molar-refractivity contribution is 6.31. The maximum atomic E-state index is 6.43. The van der Waals surface area contributed by atoms with Crippen molar-refractivity contribution in [2.75, 3.05) is 0 Å². The summed E-state index contributed by atoms with van der Waals surface area (Å²) in [5, 5.41) is 0.774. The molecule has 2 N–H and O–H groups in total. The quantitative estimate of drug-likeness (QED) is 0.851. The highest BCUT2D eigenvalue weighted by Gasteiger charge is 2.13. The Morgan fingerprint density at radius 1 is 1.10 bits per heavy atom. The van der Waals surface area contributed by atoms with E-state index in [4.69, 9.17) is 17.3 Å². The lowest BCUT2D eigenvalue weighted by Gasteiger charge is -2.17. The van der Waals surface area contributed by atoms with Gasteiger partial charge < -0.3 is 5.73 Å². The molecule has 0 spiro atoms. The Labute approximate surface area is 126 Å². The smallest absolute Gasteiger partial charge is 0.0554 e. The van der Waals surface area contributed by atoms with E-state index in [2.05, 4.69) is 44.2 Å². The van der Waals surface area contributed by atoms with Crippen LogP contribution in [0.5, 0.6) is 0 Å². The van der Waals surface area contributed by atoms with Gasteiger partial charge in [-0.1, -0.05) is 61.8 Å². The van der Waals surface area contributed by atoms with Crippen molar-refractivity contribution in [2.45, 2.75) is 33.2 Å². The van der Waals surface area contributed by atoms with E-state index < -0.39 is 0 Å². The van der Waals surface area contributed by atoms with E-state index in [1.807, 2.05) is 19.1 Å². The molecule has 2 aromatic carbocycles. The zero-order valence-electron chi connectivity index (χ0n) is 12.4. The van der Waals surface area contributed by atoms with Gasteiger partial charge in [-0.3, -0.25) is 0 Å². The van der Waals surface area contributed by atoms with Crippen LogP contribution in [0.3, 0.4) is 0 Å². The van der Waals surface area contributed by atoms with Crippen molar-refractivity contribution >= 4 is 11.6 Å². The summed E-state index contributed by atoms with van der Waals surface area (Å²) < 4.78 is 0. The molecule has 0 aliphatic carbocycles. The Hall–Kier alpha value is -1.31. The van der Waals surface area contributed by atoms with E-state index in [-0.39, 0.29) is 6.04 Å². The molecule has 0 aromatic heterocycles. The van der Waals surface area contributed by atoms with Gasteiger partial charge in [0.2, 0.25) is 0 Å². The van der Waals surface area contributed by atoms with Crippen LogP contribution in [0.15, 0.2) is 42.5 Å². The summed E-state index contributed by atoms with van der Waals surface area (Å²) in [6.07, 6.45) is 1.08. The molecule has 0 aliphatic heterocycles. The van der Waals surface area contributed by atoms with Crippen molar-refractivity contribution in [3.05, 3.63) is 69.7 Å². The van der Waals surface area contributed by atoms with Gasteiger partial charge in [-0.2, -0.15) is 0 Å². The fraction of sp³-hybridized carbons (Fsp3) is 0.333. The SMILES string of the molecule is Cc1c(Cl)cccc1C(N)c1cccc(CC(C)C)c1. The van der Waals surface area contributed by atoms with Crippen LogP contribution >= 0.6 is 11.6 Å². The molecule has 20 heavy (non-hydrogen) atoms. The molecular formula is C18H22ClN. The first-order valence-electron chi connectivity index (χ1n) is 7.08. The molecule has 0 fully saturated rings. The molecule has 106 valence electrons. The number of hydrogen-bond acceptors (Lipinski definition) is 1. The highest BCUT2D eigenvalue weighted by atomic mass is 35.5. The van der Waals surface area contributed by atoms with Crippen molar-refractivity contribution in [1.29, 1.82) is 0 Å². The second-order valence-electron chi connectivity index (χ2n) is 5.77. The van der Waals surface area contributed by atoms with Crippen LogP contribution in [-0.4, -0.2) is 0 Å². The van der Waals surface area contributed by atoms with E-state index in [0.717, 1.165) is 28.1 Å². The summed E-state index contributed by atoms with van der Waals surface area (Å²) in [5.41, 5.74) is 11.1. The lowest BCUT2D eigenvalue weighted by Crippen LogP contribution is -2.13. The first-order valence-corrected chi connectivity index (χ1v) is 7.46. The molecule has 0 heterocycles. The predicted molar refractivity (Wildman–Crippen MR) is 87.2 cm³/mol. The molecule has 1 nitrogen and oxygen atoms in total. The van der Waals surface area contributed by atoms with Crippen molar-refractivity contribution in [1.82, 2.24) is 0 Å². The summed E-state index contributed by atoms with van der Waals surface area (Å²) in [6.45, 7) is 6.48. The molecule has 0 radical (unpaired) electrons. The number of nitrogens with two attached hydrogens (primary N) is 1. The topological polar surface area (TPSA) is 26.0 Å². The maximum Gasteiger partial charge on any atom is 0.0554 e. The predicted octanol–water partition coefficient (Wildman–Crippen LogP) is 4.90. The second kappa shape index (κ2) is 6.43. The van der Waals surface area contributed by atoms with Gasteiger partial charge in [0.15, 0.2) is 0 Å². The summed E-state index contributed by atoms with van der Waals surface area (Å²) >= 11 is 6.19. The van der Waals surface area contributed by atoms with E-state index in [1.54, 1.807) is 0 Å². The minimum atomic E-state index is -0.124. The number of rotatable bonds is 4. The largest absolute Gasteiger partial charge is 0.320 e. The Morgan fingerprint density at radius 3 is 2.50 bits per heavy atom.